The number of aryl methyl sites for hydroxylation is 1. The lowest BCUT2D eigenvalue weighted by Crippen LogP contribution is -1.95. The quantitative estimate of drug-likeness (QED) is 0.467. The highest BCUT2D eigenvalue weighted by atomic mass is 16.3. The van der Waals surface area contributed by atoms with E-state index in [0.717, 1.165) is 0 Å². The van der Waals surface area contributed by atoms with Gasteiger partial charge in [0.15, 0.2) is 0 Å². The topological polar surface area (TPSA) is 38.9 Å². The molecule has 120 valence electrons. The molecule has 0 unspecified atom stereocenters. The Bertz CT molecular complexity index is 1600. The van der Waals surface area contributed by atoms with Crippen molar-refractivity contribution in [3.63, 3.8) is 0 Å². The van der Waals surface area contributed by atoms with Crippen LogP contribution in [0.2, 0.25) is 0 Å². The summed E-state index contributed by atoms with van der Waals surface area (Å²) in [5, 5.41) is -0.467. The molecule has 1 aromatic carbocycles. The Kier molecular flexibility index (Phi) is 1.43. The number of para-hydroxylation sites is 1. The molecular weight excluding hydrogens is 296 g/mol. The van der Waals surface area contributed by atoms with E-state index in [1.165, 1.54) is 0 Å². The van der Waals surface area contributed by atoms with Crippen LogP contribution in [0.1, 0.15) is 54.4 Å². The van der Waals surface area contributed by atoms with Crippen LogP contribution in [0.3, 0.4) is 0 Å². The van der Waals surface area contributed by atoms with E-state index in [1.807, 2.05) is 0 Å². The van der Waals surface area contributed by atoms with Crippen molar-refractivity contribution in [3.8, 4) is 11.3 Å². The highest BCUT2D eigenvalue weighted by Gasteiger charge is 2.15. The monoisotopic (exact) mass is 329 g/mol. The number of aromatic nitrogens is 2. The molecular formula is C21H20N2O. The van der Waals surface area contributed by atoms with E-state index in [-0.39, 0.29) is 27.5 Å². The predicted molar refractivity (Wildman–Crippen MR) is 98.3 cm³/mol. The fraction of sp³-hybridized carbons (Fsp3) is 0.238. The lowest BCUT2D eigenvalue weighted by molar-refractivity contribution is 0.653. The maximum Gasteiger partial charge on any atom is 0.227 e. The van der Waals surface area contributed by atoms with Crippen LogP contribution in [0.25, 0.3) is 33.3 Å². The van der Waals surface area contributed by atoms with Gasteiger partial charge in [-0.3, -0.25) is 4.98 Å². The summed E-state index contributed by atoms with van der Waals surface area (Å²) in [5.74, 6) is -0.471. The minimum Gasteiger partial charge on any atom is -0.437 e. The van der Waals surface area contributed by atoms with Gasteiger partial charge in [-0.2, -0.15) is 0 Å². The molecule has 3 aromatic heterocycles. The average Bonchev–Trinajstić information content (AvgIpc) is 3.14. The van der Waals surface area contributed by atoms with Gasteiger partial charge in [0.05, 0.1) is 15.3 Å². The van der Waals surface area contributed by atoms with Gasteiger partial charge in [-0.1, -0.05) is 25.9 Å². The van der Waals surface area contributed by atoms with Gasteiger partial charge in [0, 0.05) is 36.4 Å². The summed E-state index contributed by atoms with van der Waals surface area (Å²) in [6.45, 7) is -2.37. The first-order valence-corrected chi connectivity index (χ1v) is 7.25. The van der Waals surface area contributed by atoms with Gasteiger partial charge in [0.25, 0.3) is 0 Å². The normalized spacial score (nSPS) is 20.5. The number of rotatable bonds is 2. The Labute approximate surface area is 159 Å². The van der Waals surface area contributed by atoms with Gasteiger partial charge in [0.1, 0.15) is 5.58 Å². The van der Waals surface area contributed by atoms with E-state index in [2.05, 4.69) is 9.97 Å². The fourth-order valence-electron chi connectivity index (χ4n) is 2.46. The zero-order valence-corrected chi connectivity index (χ0v) is 12.9. The summed E-state index contributed by atoms with van der Waals surface area (Å²) in [6.07, 6.45) is -0.449. The van der Waals surface area contributed by atoms with Crippen LogP contribution < -0.4 is 0 Å². The minimum atomic E-state index is -2.86. The Morgan fingerprint density at radius 1 is 1.12 bits per heavy atom. The van der Waals surface area contributed by atoms with Crippen molar-refractivity contribution in [1.29, 1.82) is 0 Å². The van der Waals surface area contributed by atoms with Crippen LogP contribution in [0.5, 0.6) is 0 Å². The molecule has 0 saturated heterocycles. The summed E-state index contributed by atoms with van der Waals surface area (Å²) in [6, 6.07) is -3.82. The van der Waals surface area contributed by atoms with Crippen molar-refractivity contribution < 1.29 is 22.2 Å². The third kappa shape index (κ3) is 2.28. The van der Waals surface area contributed by atoms with E-state index in [1.54, 1.807) is 13.8 Å². The van der Waals surface area contributed by atoms with E-state index in [9.17, 15) is 0 Å². The molecule has 0 aliphatic rings. The van der Waals surface area contributed by atoms with Crippen molar-refractivity contribution in [2.45, 2.75) is 33.5 Å². The van der Waals surface area contributed by atoms with E-state index in [0.29, 0.717) is 0 Å². The van der Waals surface area contributed by atoms with Crippen molar-refractivity contribution >= 4 is 22.1 Å². The van der Waals surface area contributed by atoms with Gasteiger partial charge < -0.3 is 4.42 Å². The van der Waals surface area contributed by atoms with Crippen molar-refractivity contribution in [1.82, 2.24) is 9.97 Å². The first-order chi connectivity index (χ1) is 16.9. The highest BCUT2D eigenvalue weighted by molar-refractivity contribution is 6.08. The van der Waals surface area contributed by atoms with Crippen molar-refractivity contribution in [3.05, 3.63) is 59.2 Å². The van der Waals surface area contributed by atoms with Crippen LogP contribution in [0.4, 0.5) is 0 Å². The SMILES string of the molecule is [2H]c1nc(-c2c([2H])c([2H])c([2H])c3c2oc2nc(C([2H])([2H])[2H])c([2H])c([2H])c23)c([2H])c(C([2H])([2H])[2H])c1C(C)C. The number of hydrogen-bond acceptors (Lipinski definition) is 3. The molecule has 4 aromatic rings. The van der Waals surface area contributed by atoms with Gasteiger partial charge in [-0.05, 0) is 54.9 Å². The second-order valence-electron chi connectivity index (χ2n) is 5.59. The molecule has 3 heterocycles. The van der Waals surface area contributed by atoms with Crippen LogP contribution in [-0.4, -0.2) is 9.97 Å². The molecule has 0 bridgehead atoms. The van der Waals surface area contributed by atoms with E-state index >= 15 is 0 Å². The number of hydrogen-bond donors (Lipinski definition) is 0. The second-order valence-corrected chi connectivity index (χ2v) is 5.59. The minimum absolute atomic E-state index is 0.0283. The summed E-state index contributed by atoms with van der Waals surface area (Å²) >= 11 is 0. The Morgan fingerprint density at radius 3 is 2.83 bits per heavy atom. The van der Waals surface area contributed by atoms with Crippen molar-refractivity contribution in [2.75, 3.05) is 0 Å². The van der Waals surface area contributed by atoms with Gasteiger partial charge in [-0.15, -0.1) is 0 Å². The third-order valence-corrected chi connectivity index (χ3v) is 3.63. The number of furan rings is 1. The maximum absolute atomic E-state index is 8.70. The zero-order chi connectivity index (χ0) is 27.9. The molecule has 0 aliphatic heterocycles. The largest absolute Gasteiger partial charge is 0.437 e. The summed E-state index contributed by atoms with van der Waals surface area (Å²) in [5.41, 5.74) is -2.73. The molecule has 0 amide bonds. The lowest BCUT2D eigenvalue weighted by atomic mass is 9.98. The van der Waals surface area contributed by atoms with Gasteiger partial charge in [-0.25, -0.2) is 4.98 Å². The fourth-order valence-corrected chi connectivity index (χ4v) is 2.46. The molecule has 0 fully saturated rings. The second kappa shape index (κ2) is 5.45. The number of fused-ring (bicyclic) bond motifs is 3. The molecule has 24 heavy (non-hydrogen) atoms. The smallest absolute Gasteiger partial charge is 0.227 e. The molecule has 3 heteroatoms. The zero-order valence-electron chi connectivity index (χ0n) is 25.9. The molecule has 4 rings (SSSR count). The molecule has 0 aliphatic carbocycles. The van der Waals surface area contributed by atoms with Gasteiger partial charge >= 0.3 is 0 Å². The molecule has 0 spiro atoms. The first-order valence-electron chi connectivity index (χ1n) is 13.7. The van der Waals surface area contributed by atoms with Gasteiger partial charge in [0.2, 0.25) is 5.71 Å². The van der Waals surface area contributed by atoms with E-state index < -0.39 is 84.7 Å². The van der Waals surface area contributed by atoms with E-state index in [4.69, 9.17) is 22.2 Å². The van der Waals surface area contributed by atoms with Crippen LogP contribution in [0, 0.1) is 13.7 Å². The predicted octanol–water partition coefficient (Wildman–Crippen LogP) is 5.78. The first kappa shape index (κ1) is 6.32. The summed E-state index contributed by atoms with van der Waals surface area (Å²) < 4.78 is 111. The Morgan fingerprint density at radius 2 is 2.04 bits per heavy atom. The van der Waals surface area contributed by atoms with Crippen LogP contribution >= 0.6 is 0 Å². The molecule has 0 saturated carbocycles. The van der Waals surface area contributed by atoms with Crippen LogP contribution in [-0.2, 0) is 0 Å². The number of nitrogens with zero attached hydrogens (tertiary/aromatic N) is 2. The standard InChI is InChI=1S/C21H20N2O/c1-12(2)18-11-22-19(10-13(18)3)17-7-5-6-15-16-9-8-14(4)23-21(16)24-20(15)17/h5-12H,1-4H3/i3D3,4D3,5D,6D,7D,8D,9D,10D,11D. The van der Waals surface area contributed by atoms with Crippen molar-refractivity contribution in [2.24, 2.45) is 0 Å². The molecule has 3 nitrogen and oxygen atoms in total. The van der Waals surface area contributed by atoms with Crippen LogP contribution in [0.15, 0.2) is 46.8 Å². The lowest BCUT2D eigenvalue weighted by Gasteiger charge is -2.11. The number of benzene rings is 1. The summed E-state index contributed by atoms with van der Waals surface area (Å²) in [4.78, 5) is 7.97. The number of pyridine rings is 2. The highest BCUT2D eigenvalue weighted by Crippen LogP contribution is 2.35. The molecule has 0 N–H and O–H groups in total. The summed E-state index contributed by atoms with van der Waals surface area (Å²) in [7, 11) is 0. The molecule has 0 atom stereocenters. The molecule has 0 radical (unpaired) electrons. The third-order valence-electron chi connectivity index (χ3n) is 3.63. The average molecular weight is 329 g/mol. The maximum atomic E-state index is 8.70. The Hall–Kier alpha value is -2.68. The Balaban J connectivity index is 2.26.